The highest BCUT2D eigenvalue weighted by molar-refractivity contribution is 7.99. The first-order valence-corrected chi connectivity index (χ1v) is 9.65. The van der Waals surface area contributed by atoms with E-state index in [1.165, 1.54) is 23.9 Å². The Morgan fingerprint density at radius 1 is 1.19 bits per heavy atom. The number of thioether (sulfide) groups is 1. The smallest absolute Gasteiger partial charge is 0.233 e. The molecule has 0 N–H and O–H groups in total. The Hall–Kier alpha value is -1.93. The van der Waals surface area contributed by atoms with E-state index >= 15 is 0 Å². The average molecular weight is 380 g/mol. The summed E-state index contributed by atoms with van der Waals surface area (Å²) in [5, 5.41) is 9.24. The molecule has 0 spiro atoms. The molecule has 6 nitrogen and oxygen atoms in total. The Balaban J connectivity index is 2.34. The molecule has 0 fully saturated rings. The number of carbonyl (C=O) groups is 1. The van der Waals surface area contributed by atoms with E-state index in [1.54, 1.807) is 17.0 Å². The highest BCUT2D eigenvalue weighted by atomic mass is 32.2. The Morgan fingerprint density at radius 2 is 1.81 bits per heavy atom. The van der Waals surface area contributed by atoms with Gasteiger partial charge in [0, 0.05) is 18.8 Å². The molecule has 0 aliphatic carbocycles. The van der Waals surface area contributed by atoms with Crippen molar-refractivity contribution in [3.63, 3.8) is 0 Å². The second-order valence-electron chi connectivity index (χ2n) is 6.15. The lowest BCUT2D eigenvalue weighted by molar-refractivity contribution is -0.127. The number of carbonyl (C=O) groups excluding carboxylic acids is 1. The van der Waals surface area contributed by atoms with E-state index in [4.69, 9.17) is 0 Å². The van der Waals surface area contributed by atoms with Crippen LogP contribution in [0, 0.1) is 5.82 Å². The lowest BCUT2D eigenvalue weighted by Gasteiger charge is -2.21. The van der Waals surface area contributed by atoms with Gasteiger partial charge in [-0.1, -0.05) is 11.8 Å². The molecule has 1 atom stereocenters. The topological polar surface area (TPSA) is 54.3 Å². The van der Waals surface area contributed by atoms with Crippen LogP contribution in [0.25, 0.3) is 5.69 Å². The summed E-state index contributed by atoms with van der Waals surface area (Å²) >= 11 is 1.35. The normalized spacial score (nSPS) is 12.4. The van der Waals surface area contributed by atoms with Crippen molar-refractivity contribution in [2.24, 2.45) is 0 Å². The van der Waals surface area contributed by atoms with Crippen molar-refractivity contribution >= 4 is 17.7 Å². The zero-order valence-corrected chi connectivity index (χ0v) is 16.8. The van der Waals surface area contributed by atoms with Crippen LogP contribution in [-0.2, 0) is 4.79 Å². The fourth-order valence-corrected chi connectivity index (χ4v) is 3.36. The minimum Gasteiger partial charge on any atom is -0.343 e. The lowest BCUT2D eigenvalue weighted by atomic mass is 10.2. The van der Waals surface area contributed by atoms with Gasteiger partial charge in [-0.25, -0.2) is 4.39 Å². The van der Waals surface area contributed by atoms with Crippen LogP contribution in [0.4, 0.5) is 4.39 Å². The van der Waals surface area contributed by atoms with Gasteiger partial charge < -0.3 is 4.90 Å². The molecule has 2 aromatic rings. The number of hydrogen-bond donors (Lipinski definition) is 0. The molecule has 0 aliphatic rings. The van der Waals surface area contributed by atoms with Crippen molar-refractivity contribution in [3.8, 4) is 5.69 Å². The molecule has 0 radical (unpaired) electrons. The van der Waals surface area contributed by atoms with Gasteiger partial charge in [-0.3, -0.25) is 14.3 Å². The number of halogens is 1. The van der Waals surface area contributed by atoms with Crippen molar-refractivity contribution in [2.75, 3.05) is 32.9 Å². The zero-order chi connectivity index (χ0) is 19.3. The number of amides is 1. The minimum atomic E-state index is -0.296. The number of hydrogen-bond acceptors (Lipinski definition) is 5. The SMILES string of the molecule is CCN(CC)C(=O)CSc1nnc([C@H](C)N(C)C)n1-c1ccc(F)cc1. The van der Waals surface area contributed by atoms with Gasteiger partial charge in [0.15, 0.2) is 11.0 Å². The first-order valence-electron chi connectivity index (χ1n) is 8.67. The van der Waals surface area contributed by atoms with Gasteiger partial charge in [0.1, 0.15) is 5.82 Å². The molecular weight excluding hydrogens is 353 g/mol. The largest absolute Gasteiger partial charge is 0.343 e. The molecule has 0 saturated carbocycles. The van der Waals surface area contributed by atoms with Gasteiger partial charge in [0.2, 0.25) is 5.91 Å². The average Bonchev–Trinajstić information content (AvgIpc) is 3.04. The number of benzene rings is 1. The van der Waals surface area contributed by atoms with Crippen molar-refractivity contribution in [2.45, 2.75) is 32.0 Å². The predicted molar refractivity (Wildman–Crippen MR) is 102 cm³/mol. The summed E-state index contributed by atoms with van der Waals surface area (Å²) in [6, 6.07) is 6.23. The van der Waals surface area contributed by atoms with Gasteiger partial charge in [-0.2, -0.15) is 0 Å². The fraction of sp³-hybridized carbons (Fsp3) is 0.500. The third kappa shape index (κ3) is 4.62. The molecule has 0 aliphatic heterocycles. The van der Waals surface area contributed by atoms with E-state index in [-0.39, 0.29) is 23.5 Å². The highest BCUT2D eigenvalue weighted by Crippen LogP contribution is 2.27. The van der Waals surface area contributed by atoms with E-state index in [1.807, 2.05) is 44.3 Å². The summed E-state index contributed by atoms with van der Waals surface area (Å²) in [5.41, 5.74) is 0.776. The summed E-state index contributed by atoms with van der Waals surface area (Å²) in [6.45, 7) is 7.32. The molecule has 1 amide bonds. The second-order valence-corrected chi connectivity index (χ2v) is 7.09. The van der Waals surface area contributed by atoms with Crippen LogP contribution in [0.5, 0.6) is 0 Å². The van der Waals surface area contributed by atoms with Crippen LogP contribution in [0.3, 0.4) is 0 Å². The van der Waals surface area contributed by atoms with Crippen LogP contribution in [0.15, 0.2) is 29.4 Å². The Morgan fingerprint density at radius 3 is 2.35 bits per heavy atom. The third-order valence-electron chi connectivity index (χ3n) is 4.33. The van der Waals surface area contributed by atoms with Gasteiger partial charge in [0.25, 0.3) is 0 Å². The van der Waals surface area contributed by atoms with Crippen LogP contribution in [0.1, 0.15) is 32.6 Å². The van der Waals surface area contributed by atoms with Gasteiger partial charge in [-0.05, 0) is 59.1 Å². The molecule has 0 saturated heterocycles. The van der Waals surface area contributed by atoms with E-state index in [0.29, 0.717) is 18.2 Å². The fourth-order valence-electron chi connectivity index (χ4n) is 2.50. The van der Waals surface area contributed by atoms with Crippen LogP contribution < -0.4 is 0 Å². The summed E-state index contributed by atoms with van der Waals surface area (Å²) in [5.74, 6) is 0.808. The Labute approximate surface area is 158 Å². The molecule has 8 heteroatoms. The molecule has 26 heavy (non-hydrogen) atoms. The predicted octanol–water partition coefficient (Wildman–Crippen LogP) is 2.99. The third-order valence-corrected chi connectivity index (χ3v) is 5.25. The van der Waals surface area contributed by atoms with E-state index < -0.39 is 0 Å². The molecule has 1 aromatic heterocycles. The van der Waals surface area contributed by atoms with Gasteiger partial charge in [-0.15, -0.1) is 10.2 Å². The summed E-state index contributed by atoms with van der Waals surface area (Å²) in [7, 11) is 3.93. The molecule has 142 valence electrons. The molecule has 0 unspecified atom stereocenters. The summed E-state index contributed by atoms with van der Waals surface area (Å²) < 4.78 is 15.2. The van der Waals surface area contributed by atoms with Crippen LogP contribution in [-0.4, -0.2) is 63.4 Å². The van der Waals surface area contributed by atoms with Crippen LogP contribution >= 0.6 is 11.8 Å². The van der Waals surface area contributed by atoms with Gasteiger partial charge in [0.05, 0.1) is 11.8 Å². The molecule has 1 heterocycles. The van der Waals surface area contributed by atoms with Gasteiger partial charge >= 0.3 is 0 Å². The first-order chi connectivity index (χ1) is 12.4. The molecular formula is C18H26FN5OS. The Kier molecular flexibility index (Phi) is 7.16. The summed E-state index contributed by atoms with van der Waals surface area (Å²) in [4.78, 5) is 16.1. The van der Waals surface area contributed by atoms with E-state index in [9.17, 15) is 9.18 Å². The second kappa shape index (κ2) is 9.14. The lowest BCUT2D eigenvalue weighted by Crippen LogP contribution is -2.32. The standard InChI is InChI=1S/C18H26FN5OS/c1-6-23(7-2)16(25)12-26-18-21-20-17(13(3)22(4)5)24(18)15-10-8-14(19)9-11-15/h8-11,13H,6-7,12H2,1-5H3/t13-/m0/s1. The van der Waals surface area contributed by atoms with Crippen LogP contribution in [0.2, 0.25) is 0 Å². The maximum Gasteiger partial charge on any atom is 0.233 e. The molecule has 2 rings (SSSR count). The monoisotopic (exact) mass is 379 g/mol. The first kappa shape index (κ1) is 20.4. The number of nitrogens with zero attached hydrogens (tertiary/aromatic N) is 5. The number of rotatable bonds is 8. The molecule has 1 aromatic carbocycles. The quantitative estimate of drug-likeness (QED) is 0.660. The number of aromatic nitrogens is 3. The van der Waals surface area contributed by atoms with E-state index in [2.05, 4.69) is 10.2 Å². The maximum absolute atomic E-state index is 13.3. The van der Waals surface area contributed by atoms with Crippen molar-refractivity contribution < 1.29 is 9.18 Å². The highest BCUT2D eigenvalue weighted by Gasteiger charge is 2.22. The minimum absolute atomic E-state index is 0.0142. The molecule has 0 bridgehead atoms. The van der Waals surface area contributed by atoms with Crippen molar-refractivity contribution in [1.29, 1.82) is 0 Å². The zero-order valence-electron chi connectivity index (χ0n) is 15.9. The van der Waals surface area contributed by atoms with Crippen molar-refractivity contribution in [1.82, 2.24) is 24.6 Å². The maximum atomic E-state index is 13.3. The Bertz CT molecular complexity index is 728. The van der Waals surface area contributed by atoms with Crippen molar-refractivity contribution in [3.05, 3.63) is 35.9 Å². The van der Waals surface area contributed by atoms with E-state index in [0.717, 1.165) is 11.5 Å². The summed E-state index contributed by atoms with van der Waals surface area (Å²) in [6.07, 6.45) is 0.